The molecule has 0 saturated heterocycles. The highest BCUT2D eigenvalue weighted by Crippen LogP contribution is 1.95. The van der Waals surface area contributed by atoms with Crippen LogP contribution in [0.5, 0.6) is 0 Å². The van der Waals surface area contributed by atoms with Crippen molar-refractivity contribution in [2.24, 2.45) is 4.99 Å². The van der Waals surface area contributed by atoms with E-state index in [9.17, 15) is 9.59 Å². The summed E-state index contributed by atoms with van der Waals surface area (Å²) in [6.45, 7) is 2.70. The lowest BCUT2D eigenvalue weighted by molar-refractivity contribution is -0.124. The molecule has 0 saturated carbocycles. The van der Waals surface area contributed by atoms with E-state index in [1.54, 1.807) is 18.5 Å². The first-order chi connectivity index (χ1) is 7.02. The quantitative estimate of drug-likeness (QED) is 0.449. The predicted molar refractivity (Wildman–Crippen MR) is 54.2 cm³/mol. The molecule has 0 bridgehead atoms. The highest BCUT2D eigenvalue weighted by atomic mass is 16.2. The minimum atomic E-state index is -0.381. The van der Waals surface area contributed by atoms with Gasteiger partial charge in [0.05, 0.1) is 0 Å². The summed E-state index contributed by atoms with van der Waals surface area (Å²) in [4.78, 5) is 27.0. The molecule has 0 atom stereocenters. The van der Waals surface area contributed by atoms with Crippen LogP contribution in [0.15, 0.2) is 23.5 Å². The van der Waals surface area contributed by atoms with Gasteiger partial charge in [0.2, 0.25) is 17.8 Å². The van der Waals surface area contributed by atoms with Gasteiger partial charge in [-0.3, -0.25) is 14.5 Å². The Labute approximate surface area is 87.2 Å². The minimum Gasteiger partial charge on any atom is -0.284 e. The Morgan fingerprint density at radius 3 is 2.47 bits per heavy atom. The molecule has 0 radical (unpaired) electrons. The molecule has 0 aliphatic rings. The fraction of sp³-hybridized carbons (Fsp3) is 0.333. The molecule has 15 heavy (non-hydrogen) atoms. The van der Waals surface area contributed by atoms with Gasteiger partial charge in [0.25, 0.3) is 0 Å². The van der Waals surface area contributed by atoms with Gasteiger partial charge in [0, 0.05) is 33.3 Å². The first-order valence-corrected chi connectivity index (χ1v) is 4.36. The molecule has 6 nitrogen and oxygen atoms in total. The summed E-state index contributed by atoms with van der Waals surface area (Å²) in [6.07, 6.45) is 3.16. The van der Waals surface area contributed by atoms with Crippen LogP contribution in [-0.4, -0.2) is 39.5 Å². The van der Waals surface area contributed by atoms with Crippen molar-refractivity contribution in [2.75, 3.05) is 7.05 Å². The zero-order valence-corrected chi connectivity index (χ0v) is 8.84. The third kappa shape index (κ3) is 2.73. The lowest BCUT2D eigenvalue weighted by Crippen LogP contribution is -2.37. The summed E-state index contributed by atoms with van der Waals surface area (Å²) >= 11 is 0. The molecular weight excluding hydrogens is 196 g/mol. The first-order valence-electron chi connectivity index (χ1n) is 4.36. The van der Waals surface area contributed by atoms with Gasteiger partial charge in [-0.15, -0.1) is 0 Å². The molecule has 0 aliphatic heterocycles. The monoisotopic (exact) mass is 208 g/mol. The van der Waals surface area contributed by atoms with E-state index in [4.69, 9.17) is 0 Å². The highest BCUT2D eigenvalue weighted by Gasteiger charge is 2.13. The molecule has 0 unspecified atom stereocenters. The molecule has 0 spiro atoms. The molecule has 0 aliphatic carbocycles. The largest absolute Gasteiger partial charge is 0.284 e. The lowest BCUT2D eigenvalue weighted by atomic mass is 10.6. The number of carbonyl (C=O) groups excluding carboxylic acids is 2. The maximum atomic E-state index is 11.2. The van der Waals surface area contributed by atoms with Crippen molar-refractivity contribution in [3.8, 4) is 0 Å². The van der Waals surface area contributed by atoms with E-state index in [0.717, 1.165) is 0 Å². The van der Waals surface area contributed by atoms with E-state index < -0.39 is 0 Å². The van der Waals surface area contributed by atoms with Gasteiger partial charge in [-0.25, -0.2) is 4.68 Å². The Balaban J connectivity index is 3.10. The predicted octanol–water partition coefficient (Wildman–Crippen LogP) is 0.112. The maximum absolute atomic E-state index is 11.2. The van der Waals surface area contributed by atoms with Crippen LogP contribution in [0.4, 0.5) is 0 Å². The van der Waals surface area contributed by atoms with E-state index >= 15 is 0 Å². The Morgan fingerprint density at radius 2 is 2.07 bits per heavy atom. The van der Waals surface area contributed by atoms with Crippen LogP contribution in [0.3, 0.4) is 0 Å². The van der Waals surface area contributed by atoms with Gasteiger partial charge in [-0.05, 0) is 6.07 Å². The van der Waals surface area contributed by atoms with Crippen LogP contribution >= 0.6 is 0 Å². The van der Waals surface area contributed by atoms with Crippen molar-refractivity contribution in [1.82, 2.24) is 14.7 Å². The highest BCUT2D eigenvalue weighted by molar-refractivity contribution is 6.01. The molecule has 1 aromatic rings. The first kappa shape index (κ1) is 11.1. The standard InChI is InChI=1S/C9H12N4O2/c1-7(14)11-9(12(3)8(2)15)13-6-4-5-10-13/h4-6H,1-3H3/b11-9+. The van der Waals surface area contributed by atoms with Crippen LogP contribution in [0.2, 0.25) is 0 Å². The summed E-state index contributed by atoms with van der Waals surface area (Å²) in [5, 5.41) is 3.91. The Morgan fingerprint density at radius 1 is 1.40 bits per heavy atom. The maximum Gasteiger partial charge on any atom is 0.245 e. The van der Waals surface area contributed by atoms with Crippen molar-refractivity contribution < 1.29 is 9.59 Å². The van der Waals surface area contributed by atoms with Crippen molar-refractivity contribution in [1.29, 1.82) is 0 Å². The number of amides is 2. The molecule has 6 heteroatoms. The summed E-state index contributed by atoms with van der Waals surface area (Å²) in [5.74, 6) is -0.404. The third-order valence-electron chi connectivity index (χ3n) is 1.74. The van der Waals surface area contributed by atoms with Crippen molar-refractivity contribution >= 4 is 17.8 Å². The van der Waals surface area contributed by atoms with Crippen molar-refractivity contribution in [3.63, 3.8) is 0 Å². The molecule has 1 heterocycles. The molecule has 0 N–H and O–H groups in total. The number of aliphatic imine (C=N–C) groups is 1. The third-order valence-corrected chi connectivity index (χ3v) is 1.74. The SMILES string of the molecule is CC(=O)/N=C(\N(C)C(C)=O)n1cccn1. The Hall–Kier alpha value is -1.98. The van der Waals surface area contributed by atoms with Gasteiger partial charge in [0.1, 0.15) is 0 Å². The number of aromatic nitrogens is 2. The smallest absolute Gasteiger partial charge is 0.245 e. The number of rotatable bonds is 0. The normalized spacial score (nSPS) is 11.3. The second kappa shape index (κ2) is 4.50. The average molecular weight is 208 g/mol. The zero-order valence-electron chi connectivity index (χ0n) is 8.84. The summed E-state index contributed by atoms with van der Waals surface area (Å²) in [6, 6.07) is 1.68. The van der Waals surface area contributed by atoms with Crippen LogP contribution in [0, 0.1) is 0 Å². The summed E-state index contributed by atoms with van der Waals surface area (Å²) in [5.41, 5.74) is 0. The summed E-state index contributed by atoms with van der Waals surface area (Å²) < 4.78 is 1.36. The molecule has 0 aromatic carbocycles. The van der Waals surface area contributed by atoms with Gasteiger partial charge in [0.15, 0.2) is 0 Å². The second-order valence-electron chi connectivity index (χ2n) is 2.96. The minimum absolute atomic E-state index is 0.194. The van der Waals surface area contributed by atoms with E-state index in [0.29, 0.717) is 0 Å². The van der Waals surface area contributed by atoms with Crippen LogP contribution in [-0.2, 0) is 9.59 Å². The van der Waals surface area contributed by atoms with E-state index in [1.165, 1.54) is 30.5 Å². The number of nitrogens with zero attached hydrogens (tertiary/aromatic N) is 4. The Bertz CT molecular complexity index is 394. The number of hydrogen-bond donors (Lipinski definition) is 0. The molecule has 2 amide bonds. The molecule has 1 aromatic heterocycles. The van der Waals surface area contributed by atoms with E-state index in [-0.39, 0.29) is 17.8 Å². The van der Waals surface area contributed by atoms with Gasteiger partial charge in [-0.1, -0.05) is 0 Å². The summed E-state index contributed by atoms with van der Waals surface area (Å²) in [7, 11) is 1.53. The van der Waals surface area contributed by atoms with Gasteiger partial charge < -0.3 is 0 Å². The molecular formula is C9H12N4O2. The van der Waals surface area contributed by atoms with Gasteiger partial charge >= 0.3 is 0 Å². The fourth-order valence-electron chi connectivity index (χ4n) is 0.949. The van der Waals surface area contributed by atoms with Crippen molar-refractivity contribution in [2.45, 2.75) is 13.8 Å². The van der Waals surface area contributed by atoms with Crippen LogP contribution in [0.1, 0.15) is 13.8 Å². The van der Waals surface area contributed by atoms with Crippen molar-refractivity contribution in [3.05, 3.63) is 18.5 Å². The zero-order chi connectivity index (χ0) is 11.4. The topological polar surface area (TPSA) is 67.6 Å². The Kier molecular flexibility index (Phi) is 3.33. The van der Waals surface area contributed by atoms with Crippen LogP contribution < -0.4 is 0 Å². The number of carbonyl (C=O) groups is 2. The van der Waals surface area contributed by atoms with Crippen LogP contribution in [0.25, 0.3) is 0 Å². The van der Waals surface area contributed by atoms with Gasteiger partial charge in [-0.2, -0.15) is 10.1 Å². The average Bonchev–Trinajstić information content (AvgIpc) is 2.65. The lowest BCUT2D eigenvalue weighted by Gasteiger charge is -2.16. The van der Waals surface area contributed by atoms with E-state index in [1.807, 2.05) is 0 Å². The second-order valence-corrected chi connectivity index (χ2v) is 2.96. The molecule has 80 valence electrons. The number of hydrogen-bond acceptors (Lipinski definition) is 3. The van der Waals surface area contributed by atoms with E-state index in [2.05, 4.69) is 10.1 Å². The fourth-order valence-corrected chi connectivity index (χ4v) is 0.949. The molecule has 1 rings (SSSR count). The molecule has 0 fully saturated rings.